The third kappa shape index (κ3) is 5.48. The maximum Gasteiger partial charge on any atom is 0.251 e. The van der Waals surface area contributed by atoms with Gasteiger partial charge in [-0.3, -0.25) is 9.59 Å². The van der Waals surface area contributed by atoms with E-state index in [1.54, 1.807) is 6.07 Å². The highest BCUT2D eigenvalue weighted by molar-refractivity contribution is 9.10. The van der Waals surface area contributed by atoms with Gasteiger partial charge in [-0.25, -0.2) is 4.98 Å². The molecule has 27 heavy (non-hydrogen) atoms. The van der Waals surface area contributed by atoms with E-state index >= 15 is 0 Å². The number of aryl methyl sites for hydroxylation is 1. The third-order valence-electron chi connectivity index (χ3n) is 3.81. The van der Waals surface area contributed by atoms with Crippen LogP contribution < -0.4 is 10.6 Å². The van der Waals surface area contributed by atoms with Crippen LogP contribution in [0.5, 0.6) is 0 Å². The van der Waals surface area contributed by atoms with Gasteiger partial charge >= 0.3 is 0 Å². The summed E-state index contributed by atoms with van der Waals surface area (Å²) in [6, 6.07) is 15.2. The number of aromatic nitrogens is 1. The molecule has 3 aromatic rings. The molecule has 0 aliphatic rings. The smallest absolute Gasteiger partial charge is 0.251 e. The fraction of sp³-hybridized carbons (Fsp3) is 0.150. The molecular weight excluding hydrogens is 426 g/mol. The summed E-state index contributed by atoms with van der Waals surface area (Å²) in [7, 11) is 0. The molecule has 7 heteroatoms. The monoisotopic (exact) mass is 443 g/mol. The molecule has 0 aliphatic heterocycles. The van der Waals surface area contributed by atoms with Gasteiger partial charge in [0.2, 0.25) is 5.91 Å². The van der Waals surface area contributed by atoms with Crippen LogP contribution in [-0.4, -0.2) is 23.3 Å². The molecule has 3 rings (SSSR count). The molecule has 2 amide bonds. The summed E-state index contributed by atoms with van der Waals surface area (Å²) in [5, 5.41) is 7.98. The zero-order valence-corrected chi connectivity index (χ0v) is 17.1. The zero-order valence-electron chi connectivity index (χ0n) is 14.7. The van der Waals surface area contributed by atoms with Crippen molar-refractivity contribution >= 4 is 44.2 Å². The van der Waals surface area contributed by atoms with Crippen LogP contribution in [0.25, 0.3) is 11.3 Å². The van der Waals surface area contributed by atoms with Crippen molar-refractivity contribution in [3.8, 4) is 11.3 Å². The number of halogens is 1. The van der Waals surface area contributed by atoms with Crippen molar-refractivity contribution in [3.63, 3.8) is 0 Å². The van der Waals surface area contributed by atoms with Gasteiger partial charge in [-0.05, 0) is 31.2 Å². The van der Waals surface area contributed by atoms with E-state index < -0.39 is 0 Å². The molecule has 0 bridgehead atoms. The summed E-state index contributed by atoms with van der Waals surface area (Å²) < 4.78 is 1.00. The molecule has 0 saturated carbocycles. The first kappa shape index (κ1) is 19.3. The lowest BCUT2D eigenvalue weighted by Gasteiger charge is -2.06. The van der Waals surface area contributed by atoms with Gasteiger partial charge in [-0.1, -0.05) is 45.8 Å². The topological polar surface area (TPSA) is 71.1 Å². The minimum absolute atomic E-state index is 0.182. The standard InChI is InChI=1S/C20H18BrN3O2S/c1-13-3-2-4-15(11-13)19(26)22-10-9-18(25)24-20-23-17(12-27-20)14-5-7-16(21)8-6-14/h2-8,11-12H,9-10H2,1H3,(H,22,26)(H,23,24,25). The Hall–Kier alpha value is -2.51. The number of thiazole rings is 1. The van der Waals surface area contributed by atoms with Crippen LogP contribution in [0.1, 0.15) is 22.3 Å². The molecular formula is C20H18BrN3O2S. The molecule has 2 N–H and O–H groups in total. The second kappa shape index (κ2) is 8.92. The number of benzene rings is 2. The summed E-state index contributed by atoms with van der Waals surface area (Å²) in [4.78, 5) is 28.6. The van der Waals surface area contributed by atoms with Crippen LogP contribution in [0.15, 0.2) is 58.4 Å². The fourth-order valence-electron chi connectivity index (χ4n) is 2.44. The minimum Gasteiger partial charge on any atom is -0.352 e. The highest BCUT2D eigenvalue weighted by Crippen LogP contribution is 2.26. The van der Waals surface area contributed by atoms with E-state index in [0.717, 1.165) is 21.3 Å². The number of carbonyl (C=O) groups is 2. The Morgan fingerprint density at radius 1 is 1.15 bits per heavy atom. The zero-order chi connectivity index (χ0) is 19.2. The van der Waals surface area contributed by atoms with Gasteiger partial charge < -0.3 is 10.6 Å². The molecule has 0 fully saturated rings. The lowest BCUT2D eigenvalue weighted by Crippen LogP contribution is -2.27. The number of hydrogen-bond acceptors (Lipinski definition) is 4. The summed E-state index contributed by atoms with van der Waals surface area (Å²) >= 11 is 4.78. The predicted octanol–water partition coefficient (Wildman–Crippen LogP) is 4.64. The van der Waals surface area contributed by atoms with Crippen molar-refractivity contribution < 1.29 is 9.59 Å². The van der Waals surface area contributed by atoms with Crippen molar-refractivity contribution in [2.24, 2.45) is 0 Å². The molecule has 0 unspecified atom stereocenters. The second-order valence-electron chi connectivity index (χ2n) is 5.97. The SMILES string of the molecule is Cc1cccc(C(=O)NCCC(=O)Nc2nc(-c3ccc(Br)cc3)cs2)c1. The summed E-state index contributed by atoms with van der Waals surface area (Å²) in [5.74, 6) is -0.366. The van der Waals surface area contributed by atoms with Crippen LogP contribution in [0.4, 0.5) is 5.13 Å². The van der Waals surface area contributed by atoms with Crippen molar-refractivity contribution in [3.05, 3.63) is 69.5 Å². The van der Waals surface area contributed by atoms with Crippen molar-refractivity contribution in [1.82, 2.24) is 10.3 Å². The quantitative estimate of drug-likeness (QED) is 0.582. The van der Waals surface area contributed by atoms with Gasteiger partial charge in [0.1, 0.15) is 0 Å². The van der Waals surface area contributed by atoms with Crippen molar-refractivity contribution in [2.75, 3.05) is 11.9 Å². The van der Waals surface area contributed by atoms with Gasteiger partial charge in [-0.15, -0.1) is 11.3 Å². The molecule has 138 valence electrons. The predicted molar refractivity (Wildman–Crippen MR) is 112 cm³/mol. The number of nitrogens with one attached hydrogen (secondary N) is 2. The van der Waals surface area contributed by atoms with Crippen molar-refractivity contribution in [1.29, 1.82) is 0 Å². The van der Waals surface area contributed by atoms with Crippen LogP contribution in [0.2, 0.25) is 0 Å². The van der Waals surface area contributed by atoms with E-state index in [4.69, 9.17) is 0 Å². The Bertz CT molecular complexity index is 954. The third-order valence-corrected chi connectivity index (χ3v) is 5.09. The Balaban J connectivity index is 1.48. The lowest BCUT2D eigenvalue weighted by atomic mass is 10.1. The Labute approximate surface area is 170 Å². The summed E-state index contributed by atoms with van der Waals surface area (Å²) in [6.45, 7) is 2.20. The van der Waals surface area contributed by atoms with Gasteiger partial charge in [0.05, 0.1) is 5.69 Å². The van der Waals surface area contributed by atoms with Crippen LogP contribution in [0.3, 0.4) is 0 Å². The average Bonchev–Trinajstić information content (AvgIpc) is 3.10. The molecule has 0 radical (unpaired) electrons. The number of hydrogen-bond donors (Lipinski definition) is 2. The van der Waals surface area contributed by atoms with E-state index in [1.807, 2.05) is 54.8 Å². The molecule has 1 aromatic heterocycles. The normalized spacial score (nSPS) is 10.4. The van der Waals surface area contributed by atoms with E-state index in [0.29, 0.717) is 10.7 Å². The summed E-state index contributed by atoms with van der Waals surface area (Å²) in [6.07, 6.45) is 0.185. The Kier molecular flexibility index (Phi) is 6.36. The average molecular weight is 444 g/mol. The Morgan fingerprint density at radius 3 is 2.67 bits per heavy atom. The number of amides is 2. The molecule has 5 nitrogen and oxygen atoms in total. The molecule has 0 aliphatic carbocycles. The first-order valence-electron chi connectivity index (χ1n) is 8.37. The molecule has 0 saturated heterocycles. The van der Waals surface area contributed by atoms with Gasteiger partial charge in [0.25, 0.3) is 5.91 Å². The number of nitrogens with zero attached hydrogens (tertiary/aromatic N) is 1. The van der Waals surface area contributed by atoms with E-state index in [1.165, 1.54) is 11.3 Å². The molecule has 0 atom stereocenters. The van der Waals surface area contributed by atoms with E-state index in [2.05, 4.69) is 31.5 Å². The second-order valence-corrected chi connectivity index (χ2v) is 7.74. The first-order chi connectivity index (χ1) is 13.0. The molecule has 0 spiro atoms. The maximum absolute atomic E-state index is 12.1. The highest BCUT2D eigenvalue weighted by Gasteiger charge is 2.10. The van der Waals surface area contributed by atoms with Crippen LogP contribution in [-0.2, 0) is 4.79 Å². The highest BCUT2D eigenvalue weighted by atomic mass is 79.9. The van der Waals surface area contributed by atoms with E-state index in [-0.39, 0.29) is 24.8 Å². The summed E-state index contributed by atoms with van der Waals surface area (Å²) in [5.41, 5.74) is 3.41. The first-order valence-corrected chi connectivity index (χ1v) is 10.0. The van der Waals surface area contributed by atoms with Crippen molar-refractivity contribution in [2.45, 2.75) is 13.3 Å². The number of carbonyl (C=O) groups excluding carboxylic acids is 2. The van der Waals surface area contributed by atoms with Crippen LogP contribution >= 0.6 is 27.3 Å². The molecule has 1 heterocycles. The largest absolute Gasteiger partial charge is 0.352 e. The van der Waals surface area contributed by atoms with Crippen LogP contribution in [0, 0.1) is 6.92 Å². The number of anilines is 1. The van der Waals surface area contributed by atoms with Gasteiger partial charge in [-0.2, -0.15) is 0 Å². The fourth-order valence-corrected chi connectivity index (χ4v) is 3.44. The van der Waals surface area contributed by atoms with Gasteiger partial charge in [0, 0.05) is 33.9 Å². The van der Waals surface area contributed by atoms with E-state index in [9.17, 15) is 9.59 Å². The molecule has 2 aromatic carbocycles. The number of rotatable bonds is 6. The maximum atomic E-state index is 12.1. The van der Waals surface area contributed by atoms with Gasteiger partial charge in [0.15, 0.2) is 5.13 Å². The minimum atomic E-state index is -0.184. The Morgan fingerprint density at radius 2 is 1.93 bits per heavy atom. The lowest BCUT2D eigenvalue weighted by molar-refractivity contribution is -0.116.